The first-order chi connectivity index (χ1) is 18.7. The number of rotatable bonds is 7. The molecular formula is C27H26ClFN4O6. The van der Waals surface area contributed by atoms with Gasteiger partial charge in [0.05, 0.1) is 35.3 Å². The second kappa shape index (κ2) is 12.1. The molecule has 1 saturated heterocycles. The van der Waals surface area contributed by atoms with Crippen LogP contribution in [0.15, 0.2) is 71.7 Å². The van der Waals surface area contributed by atoms with Gasteiger partial charge in [-0.3, -0.25) is 14.2 Å². The molecule has 10 nitrogen and oxygen atoms in total. The normalized spacial score (nSPS) is 16.6. The smallest absolute Gasteiger partial charge is 0.340 e. The monoisotopic (exact) mass is 556 g/mol. The van der Waals surface area contributed by atoms with E-state index in [0.29, 0.717) is 5.69 Å². The lowest BCUT2D eigenvalue weighted by Gasteiger charge is -2.27. The molecule has 1 N–H and O–H groups in total. The van der Waals surface area contributed by atoms with Crippen molar-refractivity contribution in [1.29, 1.82) is 0 Å². The Labute approximate surface area is 228 Å². The van der Waals surface area contributed by atoms with Gasteiger partial charge in [0.25, 0.3) is 5.56 Å². The molecule has 12 heteroatoms. The fraction of sp³-hybridized carbons (Fsp3) is 0.259. The van der Waals surface area contributed by atoms with Crippen LogP contribution in [0.2, 0.25) is 0 Å². The van der Waals surface area contributed by atoms with Gasteiger partial charge >= 0.3 is 12.0 Å². The SMILES string of the molecule is CCOC(=O)c1ccc(=O)n(-c2ccc(NC(=O)C3CC(OC)CN3C(=O)N(Cl)c3ccccc3)c(F)c2)c1. The number of benzene rings is 2. The third-order valence-electron chi connectivity index (χ3n) is 6.21. The van der Waals surface area contributed by atoms with Crippen LogP contribution in [0.4, 0.5) is 20.6 Å². The van der Waals surface area contributed by atoms with Gasteiger partial charge in [-0.2, -0.15) is 0 Å². The molecule has 0 saturated carbocycles. The van der Waals surface area contributed by atoms with Gasteiger partial charge in [-0.15, -0.1) is 0 Å². The number of aromatic nitrogens is 1. The number of methoxy groups -OCH3 is 1. The number of anilines is 2. The third kappa shape index (κ3) is 6.10. The van der Waals surface area contributed by atoms with Crippen LogP contribution >= 0.6 is 11.8 Å². The molecule has 3 amide bonds. The van der Waals surface area contributed by atoms with E-state index in [1.54, 1.807) is 37.3 Å². The second-order valence-electron chi connectivity index (χ2n) is 8.66. The summed E-state index contributed by atoms with van der Waals surface area (Å²) < 4.78 is 27.4. The topological polar surface area (TPSA) is 110 Å². The highest BCUT2D eigenvalue weighted by molar-refractivity contribution is 6.36. The average molecular weight is 557 g/mol. The van der Waals surface area contributed by atoms with E-state index in [2.05, 4.69) is 5.32 Å². The number of nitrogens with one attached hydrogen (secondary N) is 1. The molecular weight excluding hydrogens is 531 g/mol. The quantitative estimate of drug-likeness (QED) is 0.348. The molecule has 1 fully saturated rings. The molecule has 0 spiro atoms. The van der Waals surface area contributed by atoms with E-state index in [-0.39, 0.29) is 36.5 Å². The largest absolute Gasteiger partial charge is 0.462 e. The zero-order chi connectivity index (χ0) is 28.1. The molecule has 39 heavy (non-hydrogen) atoms. The summed E-state index contributed by atoms with van der Waals surface area (Å²) in [6.07, 6.45) is 1.02. The highest BCUT2D eigenvalue weighted by Gasteiger charge is 2.41. The van der Waals surface area contributed by atoms with E-state index < -0.39 is 41.4 Å². The first-order valence-electron chi connectivity index (χ1n) is 12.1. The zero-order valence-corrected chi connectivity index (χ0v) is 21.9. The minimum atomic E-state index is -0.977. The number of urea groups is 1. The van der Waals surface area contributed by atoms with E-state index in [4.69, 9.17) is 21.3 Å². The van der Waals surface area contributed by atoms with Gasteiger partial charge in [0.1, 0.15) is 11.9 Å². The lowest BCUT2D eigenvalue weighted by molar-refractivity contribution is -0.119. The molecule has 0 radical (unpaired) electrons. The molecule has 2 heterocycles. The lowest BCUT2D eigenvalue weighted by atomic mass is 10.1. The van der Waals surface area contributed by atoms with Crippen molar-refractivity contribution in [2.75, 3.05) is 30.0 Å². The number of carbonyl (C=O) groups is 3. The summed E-state index contributed by atoms with van der Waals surface area (Å²) in [6, 6.07) is 13.2. The summed E-state index contributed by atoms with van der Waals surface area (Å²) in [4.78, 5) is 52.0. The summed E-state index contributed by atoms with van der Waals surface area (Å²) in [5.74, 6) is -2.07. The first-order valence-corrected chi connectivity index (χ1v) is 12.4. The Morgan fingerprint density at radius 1 is 1.13 bits per heavy atom. The predicted octanol–water partition coefficient (Wildman–Crippen LogP) is 3.96. The molecule has 204 valence electrons. The molecule has 4 rings (SSSR count). The summed E-state index contributed by atoms with van der Waals surface area (Å²) in [5, 5.41) is 2.51. The number of pyridine rings is 1. The van der Waals surface area contributed by atoms with Crippen LogP contribution in [0.3, 0.4) is 0 Å². The fourth-order valence-corrected chi connectivity index (χ4v) is 4.42. The van der Waals surface area contributed by atoms with Crippen molar-refractivity contribution in [3.63, 3.8) is 0 Å². The van der Waals surface area contributed by atoms with E-state index in [0.717, 1.165) is 15.1 Å². The van der Waals surface area contributed by atoms with Crippen LogP contribution in [0, 0.1) is 5.82 Å². The minimum absolute atomic E-state index is 0.116. The van der Waals surface area contributed by atoms with Crippen molar-refractivity contribution in [3.8, 4) is 5.69 Å². The van der Waals surface area contributed by atoms with Crippen molar-refractivity contribution >= 4 is 41.1 Å². The average Bonchev–Trinajstić information content (AvgIpc) is 3.39. The Hall–Kier alpha value is -4.22. The Balaban J connectivity index is 1.54. The number of esters is 1. The highest BCUT2D eigenvalue weighted by Crippen LogP contribution is 2.27. The summed E-state index contributed by atoms with van der Waals surface area (Å²) >= 11 is 6.27. The number of hydrogen-bond acceptors (Lipinski definition) is 6. The molecule has 2 unspecified atom stereocenters. The Kier molecular flexibility index (Phi) is 8.62. The van der Waals surface area contributed by atoms with Crippen LogP contribution in [-0.4, -0.2) is 59.8 Å². The maximum absolute atomic E-state index is 15.1. The van der Waals surface area contributed by atoms with Gasteiger partial charge < -0.3 is 19.7 Å². The number of nitrogens with zero attached hydrogens (tertiary/aromatic N) is 3. The number of ether oxygens (including phenoxy) is 2. The van der Waals surface area contributed by atoms with Crippen LogP contribution in [0.1, 0.15) is 23.7 Å². The third-order valence-corrected chi connectivity index (χ3v) is 6.55. The zero-order valence-electron chi connectivity index (χ0n) is 21.2. The van der Waals surface area contributed by atoms with E-state index >= 15 is 4.39 Å². The number of amides is 3. The van der Waals surface area contributed by atoms with Crippen LogP contribution < -0.4 is 15.3 Å². The molecule has 1 aliphatic heterocycles. The second-order valence-corrected chi connectivity index (χ2v) is 9.00. The van der Waals surface area contributed by atoms with Gasteiger partial charge in [0.2, 0.25) is 5.91 Å². The van der Waals surface area contributed by atoms with E-state index in [1.165, 1.54) is 42.5 Å². The standard InChI is InChI=1S/C27H26ClFN4O6/c1-3-39-26(36)17-9-12-24(34)31(15-17)19-10-11-22(21(29)13-19)30-25(35)23-14-20(38-2)16-32(23)27(37)33(28)18-7-5-4-6-8-18/h4-13,15,20,23H,3,14,16H2,1-2H3,(H,30,35). The number of likely N-dealkylation sites (tertiary alicyclic amines) is 1. The molecule has 1 aliphatic rings. The molecule has 0 bridgehead atoms. The Morgan fingerprint density at radius 3 is 2.54 bits per heavy atom. The number of hydrogen-bond donors (Lipinski definition) is 1. The van der Waals surface area contributed by atoms with Crippen molar-refractivity contribution in [2.45, 2.75) is 25.5 Å². The van der Waals surface area contributed by atoms with Crippen molar-refractivity contribution in [2.24, 2.45) is 0 Å². The van der Waals surface area contributed by atoms with Gasteiger partial charge in [-0.25, -0.2) is 18.4 Å². The Morgan fingerprint density at radius 2 is 1.87 bits per heavy atom. The number of para-hydroxylation sites is 1. The maximum atomic E-state index is 15.1. The van der Waals surface area contributed by atoms with E-state index in [1.807, 2.05) is 0 Å². The van der Waals surface area contributed by atoms with Crippen molar-refractivity contribution in [1.82, 2.24) is 9.47 Å². The summed E-state index contributed by atoms with van der Waals surface area (Å²) in [6.45, 7) is 1.93. The molecule has 0 aliphatic carbocycles. The van der Waals surface area contributed by atoms with Gasteiger partial charge in [-0.05, 0) is 37.3 Å². The summed E-state index contributed by atoms with van der Waals surface area (Å²) in [7, 11) is 1.47. The van der Waals surface area contributed by atoms with Gasteiger partial charge in [0, 0.05) is 50.2 Å². The lowest BCUT2D eigenvalue weighted by Crippen LogP contribution is -2.47. The number of halogens is 2. The summed E-state index contributed by atoms with van der Waals surface area (Å²) in [5.41, 5.74) is 0.0377. The van der Waals surface area contributed by atoms with Crippen LogP contribution in [0.25, 0.3) is 5.69 Å². The Bertz CT molecular complexity index is 1430. The van der Waals surface area contributed by atoms with Gasteiger partial charge in [0.15, 0.2) is 0 Å². The van der Waals surface area contributed by atoms with E-state index in [9.17, 15) is 19.2 Å². The highest BCUT2D eigenvalue weighted by atomic mass is 35.5. The van der Waals surface area contributed by atoms with Crippen molar-refractivity contribution < 1.29 is 28.2 Å². The first kappa shape index (κ1) is 27.8. The van der Waals surface area contributed by atoms with Crippen molar-refractivity contribution in [3.05, 3.63) is 88.6 Å². The van der Waals surface area contributed by atoms with Gasteiger partial charge in [-0.1, -0.05) is 18.2 Å². The maximum Gasteiger partial charge on any atom is 0.340 e. The minimum Gasteiger partial charge on any atom is -0.462 e. The molecule has 3 aromatic rings. The predicted molar refractivity (Wildman–Crippen MR) is 143 cm³/mol. The van der Waals surface area contributed by atoms with Crippen LogP contribution in [-0.2, 0) is 14.3 Å². The molecule has 2 aromatic carbocycles. The molecule has 1 aromatic heterocycles. The molecule has 2 atom stereocenters. The fourth-order valence-electron chi connectivity index (χ4n) is 4.21. The number of carbonyl (C=O) groups excluding carboxylic acids is 3. The van der Waals surface area contributed by atoms with Crippen LogP contribution in [0.5, 0.6) is 0 Å².